The Hall–Kier alpha value is -1.80. The zero-order chi connectivity index (χ0) is 21.3. The van der Waals surface area contributed by atoms with Gasteiger partial charge < -0.3 is 20.4 Å². The maximum absolute atomic E-state index is 12.7. The van der Waals surface area contributed by atoms with Gasteiger partial charge in [0.15, 0.2) is 5.96 Å². The number of nitrogens with zero attached hydrogens (tertiary/aromatic N) is 3. The lowest BCUT2D eigenvalue weighted by Crippen LogP contribution is -2.48. The van der Waals surface area contributed by atoms with Crippen LogP contribution in [0.4, 0.5) is 13.2 Å². The van der Waals surface area contributed by atoms with E-state index < -0.39 is 11.7 Å². The molecule has 5 nitrogen and oxygen atoms in total. The number of alkyl halides is 3. The van der Waals surface area contributed by atoms with Gasteiger partial charge in [-0.2, -0.15) is 13.2 Å². The molecule has 1 fully saturated rings. The molecule has 0 amide bonds. The number of halogens is 3. The van der Waals surface area contributed by atoms with Crippen LogP contribution in [0.25, 0.3) is 0 Å². The summed E-state index contributed by atoms with van der Waals surface area (Å²) in [6, 6.07) is 5.17. The Morgan fingerprint density at radius 1 is 1.03 bits per heavy atom. The Kier molecular flexibility index (Phi) is 9.23. The maximum atomic E-state index is 12.7. The molecule has 8 heteroatoms. The summed E-state index contributed by atoms with van der Waals surface area (Å²) in [7, 11) is 0. The van der Waals surface area contributed by atoms with E-state index in [1.807, 2.05) is 6.92 Å². The highest BCUT2D eigenvalue weighted by Gasteiger charge is 2.29. The van der Waals surface area contributed by atoms with Gasteiger partial charge in [0.2, 0.25) is 0 Å². The molecule has 1 heterocycles. The third kappa shape index (κ3) is 8.22. The quantitative estimate of drug-likeness (QED) is 0.508. The molecule has 1 aromatic carbocycles. The van der Waals surface area contributed by atoms with Crippen molar-refractivity contribution in [2.75, 3.05) is 52.4 Å². The molecule has 0 saturated carbocycles. The van der Waals surface area contributed by atoms with Gasteiger partial charge in [0.05, 0.1) is 12.1 Å². The molecule has 0 radical (unpaired) electrons. The van der Waals surface area contributed by atoms with Crippen molar-refractivity contribution in [2.24, 2.45) is 10.9 Å². The Morgan fingerprint density at radius 2 is 1.66 bits per heavy atom. The zero-order valence-electron chi connectivity index (χ0n) is 17.7. The van der Waals surface area contributed by atoms with Gasteiger partial charge in [0.1, 0.15) is 0 Å². The fraction of sp³-hybridized carbons (Fsp3) is 0.667. The van der Waals surface area contributed by atoms with Crippen molar-refractivity contribution in [3.05, 3.63) is 35.4 Å². The van der Waals surface area contributed by atoms with Crippen LogP contribution in [-0.2, 0) is 12.7 Å². The van der Waals surface area contributed by atoms with Crippen LogP contribution >= 0.6 is 0 Å². The molecule has 1 aliphatic heterocycles. The molecular formula is C21H34F3N5. The summed E-state index contributed by atoms with van der Waals surface area (Å²) in [6.07, 6.45) is -4.31. The molecule has 1 atom stereocenters. The van der Waals surface area contributed by atoms with Crippen LogP contribution < -0.4 is 10.6 Å². The van der Waals surface area contributed by atoms with Gasteiger partial charge >= 0.3 is 6.18 Å². The highest BCUT2D eigenvalue weighted by atomic mass is 19.4. The summed E-state index contributed by atoms with van der Waals surface area (Å²) in [5, 5.41) is 6.56. The predicted octanol–water partition coefficient (Wildman–Crippen LogP) is 3.03. The molecule has 164 valence electrons. The van der Waals surface area contributed by atoms with Crippen LogP contribution in [0.1, 0.15) is 31.9 Å². The summed E-state index contributed by atoms with van der Waals surface area (Å²) >= 11 is 0. The predicted molar refractivity (Wildman–Crippen MR) is 112 cm³/mol. The molecule has 2 N–H and O–H groups in total. The average molecular weight is 414 g/mol. The molecule has 0 spiro atoms. The van der Waals surface area contributed by atoms with Crippen LogP contribution in [0, 0.1) is 5.92 Å². The Balaban J connectivity index is 1.81. The van der Waals surface area contributed by atoms with Crippen molar-refractivity contribution in [3.63, 3.8) is 0 Å². The van der Waals surface area contributed by atoms with Crippen LogP contribution in [-0.4, -0.2) is 68.1 Å². The highest BCUT2D eigenvalue weighted by molar-refractivity contribution is 5.79. The van der Waals surface area contributed by atoms with E-state index in [-0.39, 0.29) is 0 Å². The SMILES string of the molecule is CCNC(=NCc1ccc(C(F)(F)F)cc1)NCC(C)CN1CCN(CC)CC1. The topological polar surface area (TPSA) is 42.9 Å². The number of aliphatic imine (C=N–C) groups is 1. The van der Waals surface area contributed by atoms with E-state index >= 15 is 0 Å². The van der Waals surface area contributed by atoms with Gasteiger partial charge in [0, 0.05) is 45.8 Å². The molecule has 1 saturated heterocycles. The van der Waals surface area contributed by atoms with E-state index in [4.69, 9.17) is 0 Å². The van der Waals surface area contributed by atoms with Crippen LogP contribution in [0.15, 0.2) is 29.3 Å². The van der Waals surface area contributed by atoms with Crippen LogP contribution in [0.2, 0.25) is 0 Å². The second-order valence-corrected chi connectivity index (χ2v) is 7.61. The molecule has 2 rings (SSSR count). The molecule has 0 bridgehead atoms. The smallest absolute Gasteiger partial charge is 0.357 e. The van der Waals surface area contributed by atoms with Gasteiger partial charge in [-0.1, -0.05) is 26.0 Å². The van der Waals surface area contributed by atoms with E-state index in [0.29, 0.717) is 18.4 Å². The molecule has 0 aliphatic carbocycles. The van der Waals surface area contributed by atoms with Gasteiger partial charge in [-0.25, -0.2) is 4.99 Å². The van der Waals surface area contributed by atoms with Crippen molar-refractivity contribution >= 4 is 5.96 Å². The fourth-order valence-corrected chi connectivity index (χ4v) is 3.38. The molecular weight excluding hydrogens is 379 g/mol. The first-order valence-corrected chi connectivity index (χ1v) is 10.4. The van der Waals surface area contributed by atoms with E-state index in [1.54, 1.807) is 0 Å². The lowest BCUT2D eigenvalue weighted by molar-refractivity contribution is -0.137. The number of hydrogen-bond acceptors (Lipinski definition) is 3. The van der Waals surface area contributed by atoms with Crippen LogP contribution in [0.5, 0.6) is 0 Å². The normalized spacial score (nSPS) is 17.9. The number of benzene rings is 1. The summed E-state index contributed by atoms with van der Waals surface area (Å²) < 4.78 is 38.0. The highest BCUT2D eigenvalue weighted by Crippen LogP contribution is 2.29. The van der Waals surface area contributed by atoms with E-state index in [9.17, 15) is 13.2 Å². The second-order valence-electron chi connectivity index (χ2n) is 7.61. The standard InChI is InChI=1S/C21H34F3N5/c1-4-25-20(27-15-18-6-8-19(9-7-18)21(22,23)24)26-14-17(3)16-29-12-10-28(5-2)11-13-29/h6-9,17H,4-5,10-16H2,1-3H3,(H2,25,26,27). The zero-order valence-corrected chi connectivity index (χ0v) is 17.7. The van der Waals surface area contributed by atoms with Gasteiger partial charge in [-0.15, -0.1) is 0 Å². The first-order valence-electron chi connectivity index (χ1n) is 10.4. The molecule has 1 unspecified atom stereocenters. The fourth-order valence-electron chi connectivity index (χ4n) is 3.38. The monoisotopic (exact) mass is 413 g/mol. The lowest BCUT2D eigenvalue weighted by atomic mass is 10.1. The van der Waals surface area contributed by atoms with Crippen LogP contribution in [0.3, 0.4) is 0 Å². The Bertz CT molecular complexity index is 622. The third-order valence-corrected chi connectivity index (χ3v) is 5.15. The number of rotatable bonds is 8. The minimum Gasteiger partial charge on any atom is -0.357 e. The second kappa shape index (κ2) is 11.4. The summed E-state index contributed by atoms with van der Waals surface area (Å²) in [5.41, 5.74) is 0.112. The van der Waals surface area contributed by atoms with E-state index in [0.717, 1.165) is 70.1 Å². The van der Waals surface area contributed by atoms with E-state index in [1.165, 1.54) is 12.1 Å². The van der Waals surface area contributed by atoms with Crippen molar-refractivity contribution in [1.29, 1.82) is 0 Å². The number of piperazine rings is 1. The Labute approximate surface area is 172 Å². The minimum atomic E-state index is -4.31. The Morgan fingerprint density at radius 3 is 2.21 bits per heavy atom. The maximum Gasteiger partial charge on any atom is 0.416 e. The summed E-state index contributed by atoms with van der Waals surface area (Å²) in [4.78, 5) is 9.48. The first-order chi connectivity index (χ1) is 13.8. The number of hydrogen-bond donors (Lipinski definition) is 2. The lowest BCUT2D eigenvalue weighted by Gasteiger charge is -2.35. The van der Waals surface area contributed by atoms with Gasteiger partial charge in [-0.05, 0) is 37.1 Å². The minimum absolute atomic E-state index is 0.334. The van der Waals surface area contributed by atoms with Crippen molar-refractivity contribution in [2.45, 2.75) is 33.5 Å². The molecule has 0 aromatic heterocycles. The van der Waals surface area contributed by atoms with Crippen molar-refractivity contribution in [1.82, 2.24) is 20.4 Å². The third-order valence-electron chi connectivity index (χ3n) is 5.15. The number of nitrogens with one attached hydrogen (secondary N) is 2. The number of guanidine groups is 1. The summed E-state index contributed by atoms with van der Waals surface area (Å²) in [6.45, 7) is 14.9. The van der Waals surface area contributed by atoms with Crippen molar-refractivity contribution in [3.8, 4) is 0 Å². The van der Waals surface area contributed by atoms with E-state index in [2.05, 4.69) is 39.3 Å². The molecule has 29 heavy (non-hydrogen) atoms. The molecule has 1 aromatic rings. The van der Waals surface area contributed by atoms with Gasteiger partial charge in [0.25, 0.3) is 0 Å². The number of likely N-dealkylation sites (N-methyl/N-ethyl adjacent to an activating group) is 1. The van der Waals surface area contributed by atoms with Crippen molar-refractivity contribution < 1.29 is 13.2 Å². The first kappa shape index (κ1) is 23.5. The molecule has 1 aliphatic rings. The van der Waals surface area contributed by atoms with Gasteiger partial charge in [-0.3, -0.25) is 0 Å². The largest absolute Gasteiger partial charge is 0.416 e. The summed E-state index contributed by atoms with van der Waals surface area (Å²) in [5.74, 6) is 1.16. The average Bonchev–Trinajstić information content (AvgIpc) is 2.70.